The van der Waals surface area contributed by atoms with E-state index < -0.39 is 0 Å². The molecule has 17 heavy (non-hydrogen) atoms. The second kappa shape index (κ2) is 8.83. The number of hydrogen-bond donors (Lipinski definition) is 2. The van der Waals surface area contributed by atoms with Crippen LogP contribution < -0.4 is 10.6 Å². The van der Waals surface area contributed by atoms with E-state index in [4.69, 9.17) is 23.2 Å². The van der Waals surface area contributed by atoms with Crippen LogP contribution in [0.2, 0.25) is 10.0 Å². The van der Waals surface area contributed by atoms with Crippen LogP contribution in [0.25, 0.3) is 0 Å². The smallest absolute Gasteiger partial charge is 0.191 e. The van der Waals surface area contributed by atoms with Crippen LogP contribution >= 0.6 is 47.2 Å². The Morgan fingerprint density at radius 2 is 2.00 bits per heavy atom. The van der Waals surface area contributed by atoms with E-state index in [-0.39, 0.29) is 24.0 Å². The molecule has 1 rings (SSSR count). The maximum absolute atomic E-state index is 6.05. The topological polar surface area (TPSA) is 36.4 Å². The largest absolute Gasteiger partial charge is 0.357 e. The summed E-state index contributed by atoms with van der Waals surface area (Å²) in [6.07, 6.45) is 0. The number of halogens is 3. The third kappa shape index (κ3) is 5.79. The van der Waals surface area contributed by atoms with Crippen LogP contribution in [-0.4, -0.2) is 19.6 Å². The molecular formula is C11H16Cl2IN3. The van der Waals surface area contributed by atoms with Crippen LogP contribution in [0.15, 0.2) is 23.2 Å². The Morgan fingerprint density at radius 3 is 2.53 bits per heavy atom. The molecule has 96 valence electrons. The van der Waals surface area contributed by atoms with Crippen molar-refractivity contribution < 1.29 is 0 Å². The Kier molecular flexibility index (Phi) is 8.72. The minimum absolute atomic E-state index is 0. The van der Waals surface area contributed by atoms with Gasteiger partial charge < -0.3 is 10.6 Å². The third-order valence-electron chi connectivity index (χ3n) is 2.03. The molecule has 3 nitrogen and oxygen atoms in total. The SMILES string of the molecule is CCNC(=NC)NCc1ccc(Cl)cc1Cl.I. The standard InChI is InChI=1S/C11H15Cl2N3.HI/c1-3-15-11(14-2)16-7-8-4-5-9(12)6-10(8)13;/h4-6H,3,7H2,1-2H3,(H2,14,15,16);1H. The molecule has 1 aromatic carbocycles. The minimum Gasteiger partial charge on any atom is -0.357 e. The molecule has 0 heterocycles. The molecular weight excluding hydrogens is 372 g/mol. The molecule has 0 bridgehead atoms. The normalized spacial score (nSPS) is 10.7. The molecule has 0 aliphatic heterocycles. The van der Waals surface area contributed by atoms with E-state index in [2.05, 4.69) is 15.6 Å². The van der Waals surface area contributed by atoms with Gasteiger partial charge in [0.1, 0.15) is 0 Å². The fraction of sp³-hybridized carbons (Fsp3) is 0.364. The summed E-state index contributed by atoms with van der Waals surface area (Å²) in [6, 6.07) is 5.45. The Labute approximate surface area is 129 Å². The van der Waals surface area contributed by atoms with E-state index in [0.29, 0.717) is 16.6 Å². The van der Waals surface area contributed by atoms with Gasteiger partial charge in [0.15, 0.2) is 5.96 Å². The lowest BCUT2D eigenvalue weighted by Gasteiger charge is -2.11. The second-order valence-electron chi connectivity index (χ2n) is 3.19. The first-order valence-corrected chi connectivity index (χ1v) is 5.81. The van der Waals surface area contributed by atoms with Crippen molar-refractivity contribution in [1.29, 1.82) is 0 Å². The van der Waals surface area contributed by atoms with Crippen molar-refractivity contribution >= 4 is 53.1 Å². The van der Waals surface area contributed by atoms with Crippen LogP contribution in [0.5, 0.6) is 0 Å². The number of rotatable bonds is 3. The first kappa shape index (κ1) is 16.8. The first-order chi connectivity index (χ1) is 7.67. The molecule has 0 radical (unpaired) electrons. The summed E-state index contributed by atoms with van der Waals surface area (Å²) in [7, 11) is 1.73. The molecule has 0 atom stereocenters. The van der Waals surface area contributed by atoms with Gasteiger partial charge in [-0.25, -0.2) is 0 Å². The molecule has 6 heteroatoms. The van der Waals surface area contributed by atoms with E-state index >= 15 is 0 Å². The van der Waals surface area contributed by atoms with Crippen LogP contribution in [0.1, 0.15) is 12.5 Å². The summed E-state index contributed by atoms with van der Waals surface area (Å²) in [5.41, 5.74) is 0.991. The number of benzene rings is 1. The van der Waals surface area contributed by atoms with Crippen molar-refractivity contribution in [2.24, 2.45) is 4.99 Å². The van der Waals surface area contributed by atoms with Gasteiger partial charge in [-0.05, 0) is 24.6 Å². The highest BCUT2D eigenvalue weighted by atomic mass is 127. The highest BCUT2D eigenvalue weighted by Gasteiger charge is 2.02. The predicted molar refractivity (Wildman–Crippen MR) is 85.8 cm³/mol. The van der Waals surface area contributed by atoms with E-state index in [1.807, 2.05) is 19.1 Å². The Morgan fingerprint density at radius 1 is 1.29 bits per heavy atom. The van der Waals surface area contributed by atoms with Gasteiger partial charge in [0.2, 0.25) is 0 Å². The molecule has 0 unspecified atom stereocenters. The van der Waals surface area contributed by atoms with Crippen molar-refractivity contribution in [3.63, 3.8) is 0 Å². The van der Waals surface area contributed by atoms with Gasteiger partial charge in [-0.1, -0.05) is 29.3 Å². The summed E-state index contributed by atoms with van der Waals surface area (Å²) in [4.78, 5) is 4.07. The van der Waals surface area contributed by atoms with Crippen molar-refractivity contribution in [2.75, 3.05) is 13.6 Å². The molecule has 1 aromatic rings. The molecule has 0 aliphatic rings. The van der Waals surface area contributed by atoms with Gasteiger partial charge in [0, 0.05) is 30.2 Å². The average Bonchev–Trinajstić information content (AvgIpc) is 2.26. The predicted octanol–water partition coefficient (Wildman–Crippen LogP) is 3.30. The van der Waals surface area contributed by atoms with Crippen molar-refractivity contribution in [3.05, 3.63) is 33.8 Å². The quantitative estimate of drug-likeness (QED) is 0.474. The number of guanidine groups is 1. The lowest BCUT2D eigenvalue weighted by molar-refractivity contribution is 0.830. The fourth-order valence-corrected chi connectivity index (χ4v) is 1.71. The lowest BCUT2D eigenvalue weighted by Crippen LogP contribution is -2.36. The molecule has 2 N–H and O–H groups in total. The molecule has 0 aliphatic carbocycles. The zero-order chi connectivity index (χ0) is 12.0. The van der Waals surface area contributed by atoms with E-state index in [1.165, 1.54) is 0 Å². The van der Waals surface area contributed by atoms with Crippen LogP contribution in [0.3, 0.4) is 0 Å². The Bertz CT molecular complexity index is 383. The summed E-state index contributed by atoms with van der Waals surface area (Å²) in [5, 5.41) is 7.56. The molecule has 0 spiro atoms. The molecule has 0 saturated heterocycles. The molecule has 0 fully saturated rings. The van der Waals surface area contributed by atoms with Gasteiger partial charge in [-0.2, -0.15) is 0 Å². The van der Waals surface area contributed by atoms with Crippen molar-refractivity contribution in [1.82, 2.24) is 10.6 Å². The maximum atomic E-state index is 6.05. The highest BCUT2D eigenvalue weighted by Crippen LogP contribution is 2.20. The van der Waals surface area contributed by atoms with Gasteiger partial charge in [0.25, 0.3) is 0 Å². The second-order valence-corrected chi connectivity index (χ2v) is 4.04. The van der Waals surface area contributed by atoms with Gasteiger partial charge in [-0.15, -0.1) is 24.0 Å². The number of nitrogens with one attached hydrogen (secondary N) is 2. The van der Waals surface area contributed by atoms with Crippen LogP contribution in [0.4, 0.5) is 0 Å². The Hall–Kier alpha value is -0.200. The zero-order valence-electron chi connectivity index (χ0n) is 9.76. The van der Waals surface area contributed by atoms with Crippen LogP contribution in [-0.2, 0) is 6.54 Å². The summed E-state index contributed by atoms with van der Waals surface area (Å²) < 4.78 is 0. The number of hydrogen-bond acceptors (Lipinski definition) is 1. The zero-order valence-corrected chi connectivity index (χ0v) is 13.6. The van der Waals surface area contributed by atoms with Crippen LogP contribution in [0, 0.1) is 0 Å². The third-order valence-corrected chi connectivity index (χ3v) is 2.62. The van der Waals surface area contributed by atoms with Gasteiger partial charge in [0.05, 0.1) is 0 Å². The van der Waals surface area contributed by atoms with Crippen molar-refractivity contribution in [3.8, 4) is 0 Å². The summed E-state index contributed by atoms with van der Waals surface area (Å²) in [6.45, 7) is 3.46. The number of aliphatic imine (C=N–C) groups is 1. The first-order valence-electron chi connectivity index (χ1n) is 5.05. The molecule has 0 saturated carbocycles. The highest BCUT2D eigenvalue weighted by molar-refractivity contribution is 14.0. The average molecular weight is 388 g/mol. The molecule has 0 aromatic heterocycles. The Balaban J connectivity index is 0.00000256. The van der Waals surface area contributed by atoms with E-state index in [0.717, 1.165) is 18.1 Å². The van der Waals surface area contributed by atoms with Gasteiger partial charge >= 0.3 is 0 Å². The minimum atomic E-state index is 0. The van der Waals surface area contributed by atoms with E-state index in [1.54, 1.807) is 13.1 Å². The lowest BCUT2D eigenvalue weighted by atomic mass is 10.2. The van der Waals surface area contributed by atoms with E-state index in [9.17, 15) is 0 Å². The summed E-state index contributed by atoms with van der Waals surface area (Å²) >= 11 is 11.9. The number of nitrogens with zero attached hydrogens (tertiary/aromatic N) is 1. The van der Waals surface area contributed by atoms with Gasteiger partial charge in [-0.3, -0.25) is 4.99 Å². The molecule has 0 amide bonds. The fourth-order valence-electron chi connectivity index (χ4n) is 1.23. The van der Waals surface area contributed by atoms with Crippen molar-refractivity contribution in [2.45, 2.75) is 13.5 Å². The monoisotopic (exact) mass is 387 g/mol. The maximum Gasteiger partial charge on any atom is 0.191 e. The summed E-state index contributed by atoms with van der Waals surface area (Å²) in [5.74, 6) is 0.758.